The molecule has 1 N–H and O–H groups in total. The van der Waals surface area contributed by atoms with E-state index in [0.717, 1.165) is 12.1 Å². The molecule has 116 valence electrons. The molecule has 0 bridgehead atoms. The Bertz CT molecular complexity index is 632. The van der Waals surface area contributed by atoms with Crippen molar-refractivity contribution < 1.29 is 14.2 Å². The van der Waals surface area contributed by atoms with Crippen LogP contribution in [0.4, 0.5) is 4.39 Å². The van der Waals surface area contributed by atoms with Crippen molar-refractivity contribution in [2.75, 3.05) is 13.2 Å². The Morgan fingerprint density at radius 2 is 1.95 bits per heavy atom. The van der Waals surface area contributed by atoms with Crippen LogP contribution in [-0.4, -0.2) is 29.3 Å². The van der Waals surface area contributed by atoms with Crippen LogP contribution < -0.4 is 4.74 Å². The number of para-hydroxylation sites is 1. The number of ether oxygens (including phenoxy) is 1. The molecule has 3 nitrogen and oxygen atoms in total. The number of aliphatic hydroxyl groups excluding tert-OH is 1. The van der Waals surface area contributed by atoms with Crippen molar-refractivity contribution in [2.45, 2.75) is 25.6 Å². The average molecular weight is 301 g/mol. The van der Waals surface area contributed by atoms with Gasteiger partial charge in [-0.05, 0) is 18.2 Å². The van der Waals surface area contributed by atoms with E-state index in [0.29, 0.717) is 6.54 Å². The van der Waals surface area contributed by atoms with Crippen LogP contribution in [0, 0.1) is 5.82 Å². The smallest absolute Gasteiger partial charge is 0.165 e. The second-order valence-corrected chi connectivity index (χ2v) is 5.53. The average Bonchev–Trinajstić information content (AvgIpc) is 2.54. The molecule has 1 aliphatic rings. The normalized spacial score (nSPS) is 20.5. The van der Waals surface area contributed by atoms with Gasteiger partial charge < -0.3 is 9.84 Å². The summed E-state index contributed by atoms with van der Waals surface area (Å²) in [5.41, 5.74) is 1.89. The highest BCUT2D eigenvalue weighted by atomic mass is 19.1. The van der Waals surface area contributed by atoms with Crippen LogP contribution in [-0.2, 0) is 6.54 Å². The van der Waals surface area contributed by atoms with Crippen molar-refractivity contribution in [1.82, 2.24) is 4.90 Å². The molecule has 0 aliphatic carbocycles. The fourth-order valence-corrected chi connectivity index (χ4v) is 3.04. The van der Waals surface area contributed by atoms with E-state index in [-0.39, 0.29) is 24.2 Å². The van der Waals surface area contributed by atoms with E-state index in [1.54, 1.807) is 6.07 Å². The quantitative estimate of drug-likeness (QED) is 0.941. The molecule has 2 unspecified atom stereocenters. The lowest BCUT2D eigenvalue weighted by Crippen LogP contribution is -2.42. The molecule has 22 heavy (non-hydrogen) atoms. The lowest BCUT2D eigenvalue weighted by atomic mass is 9.95. The minimum absolute atomic E-state index is 0.115. The number of hydrogen-bond acceptors (Lipinski definition) is 3. The third-order valence-electron chi connectivity index (χ3n) is 4.11. The third-order valence-corrected chi connectivity index (χ3v) is 4.11. The van der Waals surface area contributed by atoms with Crippen molar-refractivity contribution in [2.24, 2.45) is 0 Å². The SMILES string of the molecule is CCN(Cc1ccccc1)C1c2cccc(F)c2OCC1O. The summed E-state index contributed by atoms with van der Waals surface area (Å²) in [5.74, 6) is -0.102. The minimum Gasteiger partial charge on any atom is -0.487 e. The molecule has 3 rings (SSSR count). The Morgan fingerprint density at radius 1 is 1.18 bits per heavy atom. The molecule has 0 fully saturated rings. The maximum atomic E-state index is 13.9. The second-order valence-electron chi connectivity index (χ2n) is 5.53. The molecular weight excluding hydrogens is 281 g/mol. The number of hydrogen-bond donors (Lipinski definition) is 1. The molecule has 2 atom stereocenters. The van der Waals surface area contributed by atoms with Crippen molar-refractivity contribution >= 4 is 0 Å². The fourth-order valence-electron chi connectivity index (χ4n) is 3.04. The molecule has 0 spiro atoms. The standard InChI is InChI=1S/C18H20FNO2/c1-2-20(11-13-7-4-3-5-8-13)17-14-9-6-10-15(19)18(14)22-12-16(17)21/h3-10,16-17,21H,2,11-12H2,1H3. The number of halogens is 1. The van der Waals surface area contributed by atoms with Gasteiger partial charge in [0.2, 0.25) is 0 Å². The van der Waals surface area contributed by atoms with E-state index in [2.05, 4.69) is 17.0 Å². The first kappa shape index (κ1) is 15.0. The lowest BCUT2D eigenvalue weighted by molar-refractivity contribution is -0.00310. The molecule has 0 saturated carbocycles. The molecule has 2 aromatic carbocycles. The highest BCUT2D eigenvalue weighted by molar-refractivity contribution is 5.40. The first-order valence-corrected chi connectivity index (χ1v) is 7.58. The summed E-state index contributed by atoms with van der Waals surface area (Å²) < 4.78 is 19.3. The Balaban J connectivity index is 1.93. The molecular formula is C18H20FNO2. The zero-order valence-electron chi connectivity index (χ0n) is 12.6. The predicted molar refractivity (Wildman–Crippen MR) is 83.2 cm³/mol. The highest BCUT2D eigenvalue weighted by Crippen LogP contribution is 2.38. The van der Waals surface area contributed by atoms with Gasteiger partial charge in [-0.3, -0.25) is 4.90 Å². The van der Waals surface area contributed by atoms with E-state index in [4.69, 9.17) is 4.74 Å². The van der Waals surface area contributed by atoms with Gasteiger partial charge in [-0.25, -0.2) is 4.39 Å². The van der Waals surface area contributed by atoms with Gasteiger partial charge in [0.05, 0.1) is 6.04 Å². The number of aliphatic hydroxyl groups is 1. The van der Waals surface area contributed by atoms with Crippen LogP contribution in [0.15, 0.2) is 48.5 Å². The van der Waals surface area contributed by atoms with E-state index in [9.17, 15) is 9.50 Å². The van der Waals surface area contributed by atoms with E-state index in [1.165, 1.54) is 11.6 Å². The second kappa shape index (κ2) is 6.46. The Hall–Kier alpha value is -1.91. The first-order chi connectivity index (χ1) is 10.7. The summed E-state index contributed by atoms with van der Waals surface area (Å²) >= 11 is 0. The van der Waals surface area contributed by atoms with Crippen LogP contribution in [0.1, 0.15) is 24.1 Å². The van der Waals surface area contributed by atoms with Crippen LogP contribution in [0.25, 0.3) is 0 Å². The van der Waals surface area contributed by atoms with Gasteiger partial charge in [0.1, 0.15) is 12.7 Å². The van der Waals surface area contributed by atoms with E-state index in [1.807, 2.05) is 31.2 Å². The maximum Gasteiger partial charge on any atom is 0.165 e. The van der Waals surface area contributed by atoms with E-state index < -0.39 is 6.10 Å². The Kier molecular flexibility index (Phi) is 4.41. The van der Waals surface area contributed by atoms with Gasteiger partial charge in [-0.1, -0.05) is 49.4 Å². The fraction of sp³-hybridized carbons (Fsp3) is 0.333. The van der Waals surface area contributed by atoms with Gasteiger partial charge in [0, 0.05) is 12.1 Å². The van der Waals surface area contributed by atoms with Gasteiger partial charge in [0.25, 0.3) is 0 Å². The zero-order valence-corrected chi connectivity index (χ0v) is 12.6. The van der Waals surface area contributed by atoms with Gasteiger partial charge in [0.15, 0.2) is 11.6 Å². The summed E-state index contributed by atoms with van der Waals surface area (Å²) in [7, 11) is 0. The topological polar surface area (TPSA) is 32.7 Å². The number of benzene rings is 2. The molecule has 0 aromatic heterocycles. The molecule has 1 aliphatic heterocycles. The van der Waals surface area contributed by atoms with Gasteiger partial charge in [-0.2, -0.15) is 0 Å². The van der Waals surface area contributed by atoms with Crippen LogP contribution in [0.5, 0.6) is 5.75 Å². The number of nitrogens with zero attached hydrogens (tertiary/aromatic N) is 1. The van der Waals surface area contributed by atoms with Crippen molar-refractivity contribution in [3.8, 4) is 5.75 Å². The summed E-state index contributed by atoms with van der Waals surface area (Å²) in [4.78, 5) is 2.15. The third kappa shape index (κ3) is 2.85. The molecule has 1 heterocycles. The van der Waals surface area contributed by atoms with Gasteiger partial charge >= 0.3 is 0 Å². The maximum absolute atomic E-state index is 13.9. The zero-order chi connectivity index (χ0) is 15.5. The molecule has 4 heteroatoms. The Morgan fingerprint density at radius 3 is 2.68 bits per heavy atom. The lowest BCUT2D eigenvalue weighted by Gasteiger charge is -2.38. The summed E-state index contributed by atoms with van der Waals surface area (Å²) in [6.07, 6.45) is -0.669. The molecule has 0 radical (unpaired) electrons. The number of likely N-dealkylation sites (N-methyl/N-ethyl adjacent to an activating group) is 1. The largest absolute Gasteiger partial charge is 0.487 e. The number of fused-ring (bicyclic) bond motifs is 1. The predicted octanol–water partition coefficient (Wildman–Crippen LogP) is 3.14. The summed E-state index contributed by atoms with van der Waals surface area (Å²) in [6.45, 7) is 3.62. The van der Waals surface area contributed by atoms with E-state index >= 15 is 0 Å². The van der Waals surface area contributed by atoms with Crippen molar-refractivity contribution in [3.05, 3.63) is 65.5 Å². The van der Waals surface area contributed by atoms with Crippen LogP contribution >= 0.6 is 0 Å². The molecule has 0 amide bonds. The molecule has 0 saturated heterocycles. The number of rotatable bonds is 4. The highest BCUT2D eigenvalue weighted by Gasteiger charge is 2.34. The van der Waals surface area contributed by atoms with Crippen molar-refractivity contribution in [1.29, 1.82) is 0 Å². The summed E-state index contributed by atoms with van der Waals surface area (Å²) in [6, 6.07) is 14.7. The summed E-state index contributed by atoms with van der Waals surface area (Å²) in [5, 5.41) is 10.4. The minimum atomic E-state index is -0.669. The Labute approximate surface area is 130 Å². The first-order valence-electron chi connectivity index (χ1n) is 7.58. The monoisotopic (exact) mass is 301 g/mol. The van der Waals surface area contributed by atoms with Crippen LogP contribution in [0.2, 0.25) is 0 Å². The molecule has 2 aromatic rings. The van der Waals surface area contributed by atoms with Crippen LogP contribution in [0.3, 0.4) is 0 Å². The van der Waals surface area contributed by atoms with Crippen molar-refractivity contribution in [3.63, 3.8) is 0 Å². The van der Waals surface area contributed by atoms with Gasteiger partial charge in [-0.15, -0.1) is 0 Å².